The zero-order valence-electron chi connectivity index (χ0n) is 10.6. The Morgan fingerprint density at radius 2 is 2.06 bits per heavy atom. The monoisotopic (exact) mass is 240 g/mol. The first kappa shape index (κ1) is 13.6. The first-order valence-corrected chi connectivity index (χ1v) is 5.96. The molecule has 0 heterocycles. The van der Waals surface area contributed by atoms with Gasteiger partial charge in [-0.1, -0.05) is 18.0 Å². The van der Waals surface area contributed by atoms with E-state index in [2.05, 4.69) is 15.3 Å². The van der Waals surface area contributed by atoms with Gasteiger partial charge >= 0.3 is 6.09 Å². The van der Waals surface area contributed by atoms with Crippen molar-refractivity contribution in [3.63, 3.8) is 0 Å². The summed E-state index contributed by atoms with van der Waals surface area (Å²) < 4.78 is 5.18. The number of nitrogens with one attached hydrogen (secondary N) is 1. The lowest BCUT2D eigenvalue weighted by atomic mass is 9.91. The Morgan fingerprint density at radius 1 is 1.41 bits per heavy atom. The zero-order chi connectivity index (χ0) is 12.9. The van der Waals surface area contributed by atoms with E-state index in [1.54, 1.807) is 0 Å². The van der Waals surface area contributed by atoms with Gasteiger partial charge in [0, 0.05) is 11.0 Å². The normalized spacial score (nSPS) is 24.6. The predicted molar refractivity (Wildman–Crippen MR) is 64.6 cm³/mol. The molecule has 0 spiro atoms. The lowest BCUT2D eigenvalue weighted by Crippen LogP contribution is -2.46. The van der Waals surface area contributed by atoms with Crippen molar-refractivity contribution < 1.29 is 9.53 Å². The van der Waals surface area contributed by atoms with E-state index in [4.69, 9.17) is 10.3 Å². The summed E-state index contributed by atoms with van der Waals surface area (Å²) in [5.74, 6) is 0. The molecule has 1 rings (SSSR count). The number of nitrogens with zero attached hydrogens (tertiary/aromatic N) is 3. The Labute approximate surface area is 101 Å². The molecule has 1 fully saturated rings. The summed E-state index contributed by atoms with van der Waals surface area (Å²) in [5, 5.41) is 6.51. The van der Waals surface area contributed by atoms with E-state index in [1.165, 1.54) is 0 Å². The van der Waals surface area contributed by atoms with E-state index < -0.39 is 11.7 Å². The Hall–Kier alpha value is -1.42. The lowest BCUT2D eigenvalue weighted by Gasteiger charge is -2.30. The summed E-state index contributed by atoms with van der Waals surface area (Å²) in [6, 6.07) is -0.254. The van der Waals surface area contributed by atoms with E-state index in [1.807, 2.05) is 20.8 Å². The van der Waals surface area contributed by atoms with Crippen LogP contribution in [0.4, 0.5) is 4.79 Å². The molecule has 96 valence electrons. The summed E-state index contributed by atoms with van der Waals surface area (Å²) in [5.41, 5.74) is 7.96. The van der Waals surface area contributed by atoms with Crippen LogP contribution in [0.2, 0.25) is 0 Å². The Bertz CT molecular complexity index is 318. The highest BCUT2D eigenvalue weighted by Crippen LogP contribution is 2.22. The zero-order valence-corrected chi connectivity index (χ0v) is 10.6. The molecule has 0 saturated heterocycles. The summed E-state index contributed by atoms with van der Waals surface area (Å²) in [4.78, 5) is 14.4. The summed E-state index contributed by atoms with van der Waals surface area (Å²) in [6.45, 7) is 5.45. The SMILES string of the molecule is CC(C)(C)OC(=O)N[C@@H]1CCCC[C@@H]1N=[N+]=[N-]. The van der Waals surface area contributed by atoms with Crippen LogP contribution in [0.3, 0.4) is 0 Å². The van der Waals surface area contributed by atoms with Gasteiger partial charge in [-0.15, -0.1) is 0 Å². The van der Waals surface area contributed by atoms with Crippen molar-refractivity contribution in [2.45, 2.75) is 64.1 Å². The smallest absolute Gasteiger partial charge is 0.407 e. The molecule has 0 aromatic rings. The second-order valence-corrected chi connectivity index (χ2v) is 5.31. The number of amides is 1. The standard InChI is InChI=1S/C11H20N4O2/c1-11(2,3)17-10(16)13-8-6-4-5-7-9(8)14-15-12/h8-9H,4-7H2,1-3H3,(H,13,16)/t8-,9+/m1/s1. The Morgan fingerprint density at radius 3 is 2.65 bits per heavy atom. The van der Waals surface area contributed by atoms with Gasteiger partial charge in [-0.05, 0) is 39.1 Å². The summed E-state index contributed by atoms with van der Waals surface area (Å²) in [7, 11) is 0. The van der Waals surface area contributed by atoms with Crippen molar-refractivity contribution in [2.75, 3.05) is 0 Å². The molecule has 0 aromatic carbocycles. The number of alkyl carbamates (subject to hydrolysis) is 1. The summed E-state index contributed by atoms with van der Waals surface area (Å²) >= 11 is 0. The molecule has 0 bridgehead atoms. The molecule has 6 heteroatoms. The van der Waals surface area contributed by atoms with E-state index in [0.717, 1.165) is 25.7 Å². The molecule has 0 aliphatic heterocycles. The molecule has 2 atom stereocenters. The molecule has 6 nitrogen and oxygen atoms in total. The minimum atomic E-state index is -0.507. The molecule has 1 aliphatic rings. The Balaban J connectivity index is 2.53. The van der Waals surface area contributed by atoms with Crippen molar-refractivity contribution in [1.82, 2.24) is 5.32 Å². The third-order valence-electron chi connectivity index (χ3n) is 2.63. The van der Waals surface area contributed by atoms with Gasteiger partial charge in [0.2, 0.25) is 0 Å². The quantitative estimate of drug-likeness (QED) is 0.456. The van der Waals surface area contributed by atoms with E-state index in [0.29, 0.717) is 0 Å². The van der Waals surface area contributed by atoms with Crippen molar-refractivity contribution in [1.29, 1.82) is 0 Å². The van der Waals surface area contributed by atoms with Crippen LogP contribution in [0, 0.1) is 0 Å². The van der Waals surface area contributed by atoms with Crippen LogP contribution in [-0.2, 0) is 4.74 Å². The fourth-order valence-corrected chi connectivity index (χ4v) is 1.94. The number of azide groups is 1. The van der Waals surface area contributed by atoms with E-state index in [-0.39, 0.29) is 12.1 Å². The maximum atomic E-state index is 11.6. The maximum Gasteiger partial charge on any atom is 0.407 e. The van der Waals surface area contributed by atoms with Crippen molar-refractivity contribution in [3.05, 3.63) is 10.4 Å². The van der Waals surface area contributed by atoms with E-state index >= 15 is 0 Å². The van der Waals surface area contributed by atoms with Gasteiger partial charge in [0.1, 0.15) is 5.60 Å². The van der Waals surface area contributed by atoms with Gasteiger partial charge < -0.3 is 10.1 Å². The van der Waals surface area contributed by atoms with Gasteiger partial charge in [0.15, 0.2) is 0 Å². The first-order valence-electron chi connectivity index (χ1n) is 5.96. The van der Waals surface area contributed by atoms with Crippen LogP contribution in [0.25, 0.3) is 10.4 Å². The topological polar surface area (TPSA) is 87.1 Å². The maximum absolute atomic E-state index is 11.6. The molecular formula is C11H20N4O2. The molecule has 17 heavy (non-hydrogen) atoms. The summed E-state index contributed by atoms with van der Waals surface area (Å²) in [6.07, 6.45) is 3.30. The number of ether oxygens (including phenoxy) is 1. The fraction of sp³-hybridized carbons (Fsp3) is 0.909. The van der Waals surface area contributed by atoms with Crippen molar-refractivity contribution in [3.8, 4) is 0 Å². The Kier molecular flexibility index (Phi) is 4.63. The van der Waals surface area contributed by atoms with Gasteiger partial charge in [-0.2, -0.15) is 0 Å². The van der Waals surface area contributed by atoms with Gasteiger partial charge in [0.25, 0.3) is 0 Å². The van der Waals surface area contributed by atoms with Gasteiger partial charge in [-0.3, -0.25) is 0 Å². The molecule has 1 saturated carbocycles. The molecule has 0 unspecified atom stereocenters. The number of carbonyl (C=O) groups is 1. The van der Waals surface area contributed by atoms with E-state index in [9.17, 15) is 4.79 Å². The second-order valence-electron chi connectivity index (χ2n) is 5.31. The van der Waals surface area contributed by atoms with Crippen LogP contribution in [0.5, 0.6) is 0 Å². The number of hydrogen-bond acceptors (Lipinski definition) is 3. The minimum absolute atomic E-state index is 0.102. The third-order valence-corrected chi connectivity index (χ3v) is 2.63. The van der Waals surface area contributed by atoms with Crippen LogP contribution in [0.15, 0.2) is 5.11 Å². The van der Waals surface area contributed by atoms with Crippen LogP contribution < -0.4 is 5.32 Å². The molecule has 1 aliphatic carbocycles. The van der Waals surface area contributed by atoms with Crippen molar-refractivity contribution in [2.24, 2.45) is 5.11 Å². The molecule has 1 amide bonds. The average Bonchev–Trinajstić information content (AvgIpc) is 2.18. The largest absolute Gasteiger partial charge is 0.444 e. The first-order chi connectivity index (χ1) is 7.92. The highest BCUT2D eigenvalue weighted by Gasteiger charge is 2.27. The minimum Gasteiger partial charge on any atom is -0.444 e. The van der Waals surface area contributed by atoms with Crippen LogP contribution >= 0.6 is 0 Å². The van der Waals surface area contributed by atoms with Crippen LogP contribution in [-0.4, -0.2) is 23.8 Å². The highest BCUT2D eigenvalue weighted by molar-refractivity contribution is 5.68. The number of carbonyl (C=O) groups excluding carboxylic acids is 1. The molecule has 1 N–H and O–H groups in total. The second kappa shape index (κ2) is 5.77. The lowest BCUT2D eigenvalue weighted by molar-refractivity contribution is 0.0486. The van der Waals surface area contributed by atoms with Gasteiger partial charge in [-0.25, -0.2) is 4.79 Å². The van der Waals surface area contributed by atoms with Crippen molar-refractivity contribution >= 4 is 6.09 Å². The van der Waals surface area contributed by atoms with Gasteiger partial charge in [0.05, 0.1) is 6.04 Å². The predicted octanol–water partition coefficient (Wildman–Crippen LogP) is 3.13. The molecule has 0 radical (unpaired) electrons. The fourth-order valence-electron chi connectivity index (χ4n) is 1.94. The average molecular weight is 240 g/mol. The highest BCUT2D eigenvalue weighted by atomic mass is 16.6. The molecular weight excluding hydrogens is 220 g/mol. The molecule has 0 aromatic heterocycles. The number of hydrogen-bond donors (Lipinski definition) is 1. The third kappa shape index (κ3) is 4.95. The number of rotatable bonds is 2. The van der Waals surface area contributed by atoms with Crippen LogP contribution in [0.1, 0.15) is 46.5 Å².